The number of rotatable bonds is 4. The highest BCUT2D eigenvalue weighted by molar-refractivity contribution is 5.84. The van der Waals surface area contributed by atoms with Gasteiger partial charge in [-0.1, -0.05) is 19.8 Å². The van der Waals surface area contributed by atoms with Crippen LogP contribution in [0.2, 0.25) is 0 Å². The van der Waals surface area contributed by atoms with Crippen LogP contribution in [0.5, 0.6) is 5.75 Å². The molecule has 1 amide bonds. The van der Waals surface area contributed by atoms with Crippen molar-refractivity contribution in [3.05, 3.63) is 39.7 Å². The van der Waals surface area contributed by atoms with Crippen LogP contribution in [0.25, 0.3) is 11.0 Å². The highest BCUT2D eigenvalue weighted by atomic mass is 16.5. The molecule has 0 radical (unpaired) electrons. The molecular weight excluding hydrogens is 406 g/mol. The van der Waals surface area contributed by atoms with Crippen molar-refractivity contribution in [1.82, 2.24) is 4.90 Å². The van der Waals surface area contributed by atoms with Crippen LogP contribution >= 0.6 is 0 Å². The first kappa shape index (κ1) is 21.5. The summed E-state index contributed by atoms with van der Waals surface area (Å²) < 4.78 is 11.7. The van der Waals surface area contributed by atoms with Crippen molar-refractivity contribution in [2.75, 3.05) is 13.1 Å². The third-order valence-corrected chi connectivity index (χ3v) is 7.86. The van der Waals surface area contributed by atoms with Gasteiger partial charge in [-0.15, -0.1) is 0 Å². The fourth-order valence-electron chi connectivity index (χ4n) is 5.95. The number of aryl methyl sites for hydroxylation is 1. The Hall–Kier alpha value is -2.34. The number of likely N-dealkylation sites (tertiary alicyclic amines) is 1. The van der Waals surface area contributed by atoms with Crippen molar-refractivity contribution in [1.29, 1.82) is 0 Å². The number of aliphatic hydroxyl groups is 1. The summed E-state index contributed by atoms with van der Waals surface area (Å²) in [6, 6.07) is 5.58. The number of benzene rings is 1. The molecule has 32 heavy (non-hydrogen) atoms. The second kappa shape index (κ2) is 8.54. The van der Waals surface area contributed by atoms with Crippen LogP contribution in [0.1, 0.15) is 69.4 Å². The Kier molecular flexibility index (Phi) is 5.74. The number of nitrogens with zero attached hydrogens (tertiary/aromatic N) is 1. The van der Waals surface area contributed by atoms with Crippen molar-refractivity contribution in [2.24, 2.45) is 5.92 Å². The first-order valence-electron chi connectivity index (χ1n) is 12.2. The van der Waals surface area contributed by atoms with E-state index in [0.29, 0.717) is 37.3 Å². The van der Waals surface area contributed by atoms with Gasteiger partial charge in [-0.2, -0.15) is 0 Å². The standard InChI is InChI=1S/C26H33NO5/c1-2-22(24(28)27-14-13-26(30)12-6-5-7-17(26)16-27)31-18-10-11-20-19-8-3-4-9-21(19)25(29)32-23(20)15-18/h10-11,15,17,22,30H,2-9,12-14,16H2,1H3/t17-,22+,26-/m1/s1. The Balaban J connectivity index is 1.34. The SMILES string of the molecule is CC[C@H](Oc1ccc2c3c(c(=O)oc2c1)CCCC3)C(=O)N1CC[C@]2(O)CCCC[C@@H]2C1. The van der Waals surface area contributed by atoms with Crippen LogP contribution in [0.4, 0.5) is 0 Å². The maximum absolute atomic E-state index is 13.3. The molecule has 1 N–H and O–H groups in total. The number of hydrogen-bond donors (Lipinski definition) is 1. The van der Waals surface area contributed by atoms with E-state index in [9.17, 15) is 14.7 Å². The fourth-order valence-corrected chi connectivity index (χ4v) is 5.95. The summed E-state index contributed by atoms with van der Waals surface area (Å²) in [4.78, 5) is 27.6. The highest BCUT2D eigenvalue weighted by Gasteiger charge is 2.44. The summed E-state index contributed by atoms with van der Waals surface area (Å²) in [6.45, 7) is 3.12. The van der Waals surface area contributed by atoms with Crippen LogP contribution in [-0.2, 0) is 17.6 Å². The minimum Gasteiger partial charge on any atom is -0.480 e. The molecule has 3 atom stereocenters. The maximum Gasteiger partial charge on any atom is 0.339 e. The van der Waals surface area contributed by atoms with Gasteiger partial charge in [-0.05, 0) is 69.1 Å². The number of piperidine rings is 1. The molecule has 2 heterocycles. The lowest BCUT2D eigenvalue weighted by Gasteiger charge is -2.47. The minimum atomic E-state index is -0.605. The van der Waals surface area contributed by atoms with E-state index in [1.165, 1.54) is 0 Å². The lowest BCUT2D eigenvalue weighted by atomic mass is 9.71. The topological polar surface area (TPSA) is 80.0 Å². The molecule has 6 heteroatoms. The predicted octanol–water partition coefficient (Wildman–Crippen LogP) is 3.98. The van der Waals surface area contributed by atoms with Crippen LogP contribution in [0, 0.1) is 5.92 Å². The third-order valence-electron chi connectivity index (χ3n) is 7.86. The second-order valence-electron chi connectivity index (χ2n) is 9.81. The highest BCUT2D eigenvalue weighted by Crippen LogP contribution is 2.40. The Labute approximate surface area is 188 Å². The normalized spacial score (nSPS) is 26.3. The maximum atomic E-state index is 13.3. The van der Waals surface area contributed by atoms with E-state index in [-0.39, 0.29) is 17.5 Å². The largest absolute Gasteiger partial charge is 0.480 e. The van der Waals surface area contributed by atoms with Crippen LogP contribution < -0.4 is 10.4 Å². The summed E-state index contributed by atoms with van der Waals surface area (Å²) in [5.74, 6) is 0.683. The quantitative estimate of drug-likeness (QED) is 0.729. The van der Waals surface area contributed by atoms with Crippen molar-refractivity contribution >= 4 is 16.9 Å². The molecule has 0 unspecified atom stereocenters. The number of ether oxygens (including phenoxy) is 1. The van der Waals surface area contributed by atoms with Gasteiger partial charge in [0.1, 0.15) is 11.3 Å². The van der Waals surface area contributed by atoms with Gasteiger partial charge >= 0.3 is 5.63 Å². The van der Waals surface area contributed by atoms with E-state index in [2.05, 4.69) is 0 Å². The first-order chi connectivity index (χ1) is 15.5. The number of amides is 1. The second-order valence-corrected chi connectivity index (χ2v) is 9.81. The summed E-state index contributed by atoms with van der Waals surface area (Å²) in [6.07, 6.45) is 8.42. The molecule has 5 rings (SSSR count). The van der Waals surface area contributed by atoms with Crippen LogP contribution in [0.15, 0.2) is 27.4 Å². The van der Waals surface area contributed by atoms with E-state index in [4.69, 9.17) is 9.15 Å². The Morgan fingerprint density at radius 2 is 2.03 bits per heavy atom. The van der Waals surface area contributed by atoms with Gasteiger partial charge < -0.3 is 19.2 Å². The van der Waals surface area contributed by atoms with Gasteiger partial charge in [-0.25, -0.2) is 4.79 Å². The molecular formula is C26H33NO5. The molecule has 1 saturated heterocycles. The van der Waals surface area contributed by atoms with E-state index >= 15 is 0 Å². The zero-order valence-corrected chi connectivity index (χ0v) is 18.9. The molecule has 1 aromatic carbocycles. The summed E-state index contributed by atoms with van der Waals surface area (Å²) in [7, 11) is 0. The van der Waals surface area contributed by atoms with Gasteiger partial charge in [0.05, 0.1) is 5.60 Å². The average molecular weight is 440 g/mol. The van der Waals surface area contributed by atoms with Gasteiger partial charge in [0, 0.05) is 36.0 Å². The van der Waals surface area contributed by atoms with Crippen molar-refractivity contribution in [2.45, 2.75) is 82.8 Å². The minimum absolute atomic E-state index is 0.0212. The molecule has 0 bridgehead atoms. The molecule has 1 saturated carbocycles. The van der Waals surface area contributed by atoms with Crippen molar-refractivity contribution in [3.63, 3.8) is 0 Å². The summed E-state index contributed by atoms with van der Waals surface area (Å²) in [5, 5.41) is 11.9. The Bertz CT molecular complexity index is 1080. The van der Waals surface area contributed by atoms with Gasteiger partial charge in [0.2, 0.25) is 0 Å². The van der Waals surface area contributed by atoms with Gasteiger partial charge in [0.15, 0.2) is 6.10 Å². The smallest absolute Gasteiger partial charge is 0.339 e. The van der Waals surface area contributed by atoms with Gasteiger partial charge in [-0.3, -0.25) is 4.79 Å². The van der Waals surface area contributed by atoms with Crippen LogP contribution in [0.3, 0.4) is 0 Å². The molecule has 2 fully saturated rings. The third kappa shape index (κ3) is 3.83. The summed E-state index contributed by atoms with van der Waals surface area (Å²) in [5.41, 5.74) is 1.59. The zero-order chi connectivity index (χ0) is 22.3. The number of fused-ring (bicyclic) bond motifs is 4. The Morgan fingerprint density at radius 3 is 2.84 bits per heavy atom. The van der Waals surface area contributed by atoms with Gasteiger partial charge in [0.25, 0.3) is 5.91 Å². The lowest BCUT2D eigenvalue weighted by molar-refractivity contribution is -0.150. The Morgan fingerprint density at radius 1 is 1.22 bits per heavy atom. The molecule has 2 aliphatic carbocycles. The molecule has 0 spiro atoms. The number of hydrogen-bond acceptors (Lipinski definition) is 5. The molecule has 3 aliphatic rings. The van der Waals surface area contributed by atoms with Crippen molar-refractivity contribution in [3.8, 4) is 5.75 Å². The molecule has 2 aromatic rings. The van der Waals surface area contributed by atoms with Crippen molar-refractivity contribution < 1.29 is 19.1 Å². The zero-order valence-electron chi connectivity index (χ0n) is 18.9. The van der Waals surface area contributed by atoms with E-state index < -0.39 is 11.7 Å². The van der Waals surface area contributed by atoms with E-state index in [1.54, 1.807) is 6.07 Å². The average Bonchev–Trinajstić information content (AvgIpc) is 2.81. The molecule has 172 valence electrons. The molecule has 1 aliphatic heterocycles. The number of carbonyl (C=O) groups excluding carboxylic acids is 1. The summed E-state index contributed by atoms with van der Waals surface area (Å²) >= 11 is 0. The fraction of sp³-hybridized carbons (Fsp3) is 0.615. The number of carbonyl (C=O) groups is 1. The monoisotopic (exact) mass is 439 g/mol. The molecule has 6 nitrogen and oxygen atoms in total. The van der Waals surface area contributed by atoms with E-state index in [1.807, 2.05) is 24.0 Å². The first-order valence-corrected chi connectivity index (χ1v) is 12.2. The predicted molar refractivity (Wildman–Crippen MR) is 122 cm³/mol. The molecule has 1 aromatic heterocycles. The lowest BCUT2D eigenvalue weighted by Crippen LogP contribution is -2.56. The van der Waals surface area contributed by atoms with E-state index in [0.717, 1.165) is 67.9 Å². The van der Waals surface area contributed by atoms with Crippen LogP contribution in [-0.4, -0.2) is 40.7 Å².